The van der Waals surface area contributed by atoms with E-state index in [-0.39, 0.29) is 17.7 Å². The van der Waals surface area contributed by atoms with E-state index in [1.807, 2.05) is 55.1 Å². The molecule has 1 atom stereocenters. The number of hydrogen-bond acceptors (Lipinski definition) is 3. The number of hydrogen-bond donors (Lipinski definition) is 0. The quantitative estimate of drug-likeness (QED) is 0.789. The summed E-state index contributed by atoms with van der Waals surface area (Å²) in [7, 11) is 1.79. The highest BCUT2D eigenvalue weighted by Crippen LogP contribution is 2.23. The molecule has 0 radical (unpaired) electrons. The summed E-state index contributed by atoms with van der Waals surface area (Å²) in [5, 5.41) is 0.623. The van der Waals surface area contributed by atoms with E-state index in [4.69, 9.17) is 11.6 Å². The maximum Gasteiger partial charge on any atom is 0.253 e. The lowest BCUT2D eigenvalue weighted by Crippen LogP contribution is -2.33. The van der Waals surface area contributed by atoms with Gasteiger partial charge in [0.05, 0.1) is 16.4 Å². The third-order valence-corrected chi connectivity index (χ3v) is 5.38. The Bertz CT molecular complexity index is 868. The van der Waals surface area contributed by atoms with Gasteiger partial charge >= 0.3 is 0 Å². The van der Waals surface area contributed by atoms with Gasteiger partial charge in [-0.25, -0.2) is 0 Å². The van der Waals surface area contributed by atoms with Gasteiger partial charge in [0.1, 0.15) is 0 Å². The molecule has 0 spiro atoms. The molecule has 6 heteroatoms. The van der Waals surface area contributed by atoms with Gasteiger partial charge in [0.25, 0.3) is 5.91 Å². The maximum absolute atomic E-state index is 12.9. The summed E-state index contributed by atoms with van der Waals surface area (Å²) in [6.07, 6.45) is 0.513. The van der Waals surface area contributed by atoms with Crippen molar-refractivity contribution < 1.29 is 9.59 Å². The van der Waals surface area contributed by atoms with Gasteiger partial charge in [-0.3, -0.25) is 14.6 Å². The number of pyridine rings is 1. The predicted molar refractivity (Wildman–Crippen MR) is 107 cm³/mol. The Morgan fingerprint density at radius 3 is 2.78 bits per heavy atom. The first-order chi connectivity index (χ1) is 12.9. The Hall–Kier alpha value is -2.40. The van der Waals surface area contributed by atoms with Gasteiger partial charge in [0.2, 0.25) is 5.91 Å². The van der Waals surface area contributed by atoms with Crippen molar-refractivity contribution in [2.24, 2.45) is 5.92 Å². The maximum atomic E-state index is 12.9. The first kappa shape index (κ1) is 19.4. The van der Waals surface area contributed by atoms with Crippen molar-refractivity contribution in [3.63, 3.8) is 0 Å². The topological polar surface area (TPSA) is 53.5 Å². The molecule has 2 amide bonds. The molecule has 0 saturated carbocycles. The van der Waals surface area contributed by atoms with Crippen molar-refractivity contribution in [3.05, 3.63) is 52.7 Å². The molecule has 3 rings (SSSR count). The van der Waals surface area contributed by atoms with Gasteiger partial charge in [-0.2, -0.15) is 0 Å². The van der Waals surface area contributed by atoms with Crippen molar-refractivity contribution in [2.45, 2.75) is 20.3 Å². The van der Waals surface area contributed by atoms with Crippen molar-refractivity contribution in [2.75, 3.05) is 26.7 Å². The number of benzene rings is 1. The van der Waals surface area contributed by atoms with Gasteiger partial charge < -0.3 is 9.80 Å². The van der Waals surface area contributed by atoms with Crippen LogP contribution in [0.25, 0.3) is 11.3 Å². The van der Waals surface area contributed by atoms with Gasteiger partial charge in [0, 0.05) is 50.1 Å². The fourth-order valence-corrected chi connectivity index (χ4v) is 3.59. The highest BCUT2D eigenvalue weighted by atomic mass is 35.5. The van der Waals surface area contributed by atoms with Crippen LogP contribution in [0.15, 0.2) is 36.4 Å². The number of aryl methyl sites for hydroxylation is 1. The summed E-state index contributed by atoms with van der Waals surface area (Å²) in [6.45, 7) is 5.86. The number of amides is 2. The largest absolute Gasteiger partial charge is 0.343 e. The molecule has 1 saturated heterocycles. The number of likely N-dealkylation sites (tertiary alicyclic amines) is 1. The molecule has 0 bridgehead atoms. The van der Waals surface area contributed by atoms with E-state index >= 15 is 0 Å². The van der Waals surface area contributed by atoms with E-state index in [0.717, 1.165) is 30.0 Å². The van der Waals surface area contributed by atoms with Crippen LogP contribution in [0.3, 0.4) is 0 Å². The summed E-state index contributed by atoms with van der Waals surface area (Å²) in [4.78, 5) is 32.8. The molecule has 1 aliphatic rings. The van der Waals surface area contributed by atoms with E-state index in [9.17, 15) is 9.59 Å². The summed E-state index contributed by atoms with van der Waals surface area (Å²) < 4.78 is 0. The number of nitrogens with zero attached hydrogens (tertiary/aromatic N) is 3. The number of carbonyl (C=O) groups excluding carboxylic acids is 2. The molecule has 1 aliphatic heterocycles. The summed E-state index contributed by atoms with van der Waals surface area (Å²) >= 11 is 6.05. The normalized spacial score (nSPS) is 16.7. The third kappa shape index (κ3) is 4.30. The molecule has 2 aromatic rings. The molecule has 1 aromatic carbocycles. The summed E-state index contributed by atoms with van der Waals surface area (Å²) in [5.41, 5.74) is 3.03. The lowest BCUT2D eigenvalue weighted by molar-refractivity contribution is -0.127. The lowest BCUT2D eigenvalue weighted by Gasteiger charge is -2.21. The number of aromatic nitrogens is 1. The van der Waals surface area contributed by atoms with E-state index in [1.165, 1.54) is 0 Å². The van der Waals surface area contributed by atoms with Crippen LogP contribution in [0.1, 0.15) is 29.4 Å². The number of carbonyl (C=O) groups is 2. The minimum atomic E-state index is -0.0510. The average molecular weight is 386 g/mol. The second-order valence-corrected chi connectivity index (χ2v) is 7.44. The second kappa shape index (κ2) is 8.09. The molecule has 0 N–H and O–H groups in total. The van der Waals surface area contributed by atoms with Crippen LogP contribution in [-0.2, 0) is 4.79 Å². The average Bonchev–Trinajstić information content (AvgIpc) is 3.02. The smallest absolute Gasteiger partial charge is 0.253 e. The standard InChI is InChI=1S/C21H24ClN3O2/c1-4-25-13-15(10-20(25)26)12-24(3)21(27)17-7-5-6-16(11-17)19-9-8-18(22)14(2)23-19/h5-9,11,15H,4,10,12-13H2,1-3H3/t15-/m0/s1. The number of halogens is 1. The monoisotopic (exact) mass is 385 g/mol. The molecular weight excluding hydrogens is 362 g/mol. The van der Waals surface area contributed by atoms with Crippen LogP contribution in [0.5, 0.6) is 0 Å². The van der Waals surface area contributed by atoms with Crippen LogP contribution in [-0.4, -0.2) is 53.3 Å². The Balaban J connectivity index is 1.73. The Kier molecular flexibility index (Phi) is 5.80. The molecule has 142 valence electrons. The Labute approximate surface area is 164 Å². The zero-order valence-electron chi connectivity index (χ0n) is 15.9. The molecular formula is C21H24ClN3O2. The van der Waals surface area contributed by atoms with Gasteiger partial charge in [-0.05, 0) is 38.1 Å². The first-order valence-electron chi connectivity index (χ1n) is 9.16. The van der Waals surface area contributed by atoms with Crippen molar-refractivity contribution in [3.8, 4) is 11.3 Å². The number of rotatable bonds is 5. The molecule has 27 heavy (non-hydrogen) atoms. The van der Waals surface area contributed by atoms with Gasteiger partial charge in [-0.15, -0.1) is 0 Å². The SMILES string of the molecule is CCN1C[C@H](CN(C)C(=O)c2cccc(-c3ccc(Cl)c(C)n3)c2)CC1=O. The fraction of sp³-hybridized carbons (Fsp3) is 0.381. The third-order valence-electron chi connectivity index (χ3n) is 4.98. The van der Waals surface area contributed by atoms with Crippen LogP contribution in [0.2, 0.25) is 5.02 Å². The zero-order chi connectivity index (χ0) is 19.6. The predicted octanol–water partition coefficient (Wildman–Crippen LogP) is 3.65. The first-order valence-corrected chi connectivity index (χ1v) is 9.53. The van der Waals surface area contributed by atoms with Gasteiger partial charge in [0.15, 0.2) is 0 Å². The van der Waals surface area contributed by atoms with Crippen LogP contribution in [0.4, 0.5) is 0 Å². The summed E-state index contributed by atoms with van der Waals surface area (Å²) in [6, 6.07) is 11.1. The molecule has 2 heterocycles. The highest BCUT2D eigenvalue weighted by molar-refractivity contribution is 6.31. The van der Waals surface area contributed by atoms with Crippen LogP contribution in [0, 0.1) is 12.8 Å². The Morgan fingerprint density at radius 1 is 1.33 bits per heavy atom. The molecule has 0 aliphatic carbocycles. The lowest BCUT2D eigenvalue weighted by atomic mass is 10.0. The van der Waals surface area contributed by atoms with E-state index in [0.29, 0.717) is 23.6 Å². The van der Waals surface area contributed by atoms with Crippen molar-refractivity contribution in [1.29, 1.82) is 0 Å². The van der Waals surface area contributed by atoms with Crippen molar-refractivity contribution >= 4 is 23.4 Å². The second-order valence-electron chi connectivity index (χ2n) is 7.03. The molecule has 5 nitrogen and oxygen atoms in total. The van der Waals surface area contributed by atoms with E-state index in [1.54, 1.807) is 11.9 Å². The van der Waals surface area contributed by atoms with Gasteiger partial charge in [-0.1, -0.05) is 23.7 Å². The zero-order valence-corrected chi connectivity index (χ0v) is 16.7. The fourth-order valence-electron chi connectivity index (χ4n) is 3.49. The van der Waals surface area contributed by atoms with Crippen LogP contribution >= 0.6 is 11.6 Å². The molecule has 0 unspecified atom stereocenters. The Morgan fingerprint density at radius 2 is 2.11 bits per heavy atom. The minimum Gasteiger partial charge on any atom is -0.343 e. The molecule has 1 fully saturated rings. The van der Waals surface area contributed by atoms with E-state index in [2.05, 4.69) is 4.98 Å². The van der Waals surface area contributed by atoms with Crippen molar-refractivity contribution in [1.82, 2.24) is 14.8 Å². The molecule has 1 aromatic heterocycles. The summed E-state index contributed by atoms with van der Waals surface area (Å²) in [5.74, 6) is 0.314. The van der Waals surface area contributed by atoms with E-state index < -0.39 is 0 Å². The minimum absolute atomic E-state index is 0.0510. The van der Waals surface area contributed by atoms with Crippen LogP contribution < -0.4 is 0 Å². The highest BCUT2D eigenvalue weighted by Gasteiger charge is 2.30.